The van der Waals surface area contributed by atoms with E-state index in [0.29, 0.717) is 11.8 Å². The van der Waals surface area contributed by atoms with Gasteiger partial charge in [-0.25, -0.2) is 4.79 Å². The number of H-pyrrole nitrogens is 1. The SMILES string of the molecule is Cn1c(=O)[nH]c2cc(N(CCCl)CCCl)ccc21. The Kier molecular flexibility index (Phi) is 4.19. The number of fused-ring (bicyclic) bond motifs is 1. The third-order valence-corrected chi connectivity index (χ3v) is 3.30. The van der Waals surface area contributed by atoms with Gasteiger partial charge >= 0.3 is 5.69 Å². The molecule has 1 N–H and O–H groups in total. The number of imidazole rings is 1. The Morgan fingerprint density at radius 1 is 1.28 bits per heavy atom. The van der Waals surface area contributed by atoms with Gasteiger partial charge in [0.25, 0.3) is 0 Å². The van der Waals surface area contributed by atoms with Crippen LogP contribution in [0, 0.1) is 0 Å². The number of benzene rings is 1. The predicted octanol–water partition coefficient (Wildman–Crippen LogP) is 2.15. The number of aryl methyl sites for hydroxylation is 1. The maximum Gasteiger partial charge on any atom is 0.326 e. The van der Waals surface area contributed by atoms with Crippen LogP contribution in [-0.2, 0) is 7.05 Å². The molecule has 1 aromatic heterocycles. The fourth-order valence-corrected chi connectivity index (χ4v) is 2.40. The molecule has 0 spiro atoms. The van der Waals surface area contributed by atoms with Gasteiger partial charge in [-0.3, -0.25) is 4.57 Å². The molecule has 0 aliphatic heterocycles. The van der Waals surface area contributed by atoms with Crippen molar-refractivity contribution >= 4 is 39.9 Å². The van der Waals surface area contributed by atoms with Gasteiger partial charge in [-0.1, -0.05) is 0 Å². The van der Waals surface area contributed by atoms with Crippen LogP contribution in [0.25, 0.3) is 11.0 Å². The molecular weight excluding hydrogens is 273 g/mol. The summed E-state index contributed by atoms with van der Waals surface area (Å²) in [6.45, 7) is 1.47. The van der Waals surface area contributed by atoms with Crippen molar-refractivity contribution in [2.45, 2.75) is 0 Å². The van der Waals surface area contributed by atoms with Crippen LogP contribution in [0.3, 0.4) is 0 Å². The molecule has 98 valence electrons. The van der Waals surface area contributed by atoms with Gasteiger partial charge in [-0.2, -0.15) is 0 Å². The summed E-state index contributed by atoms with van der Waals surface area (Å²) in [7, 11) is 1.75. The molecule has 6 heteroatoms. The fourth-order valence-electron chi connectivity index (χ4n) is 2.00. The normalized spacial score (nSPS) is 11.1. The average molecular weight is 288 g/mol. The fraction of sp³-hybridized carbons (Fsp3) is 0.417. The number of nitrogens with one attached hydrogen (secondary N) is 1. The van der Waals surface area contributed by atoms with Crippen LogP contribution < -0.4 is 10.6 Å². The quantitative estimate of drug-likeness (QED) is 0.856. The number of hydrogen-bond acceptors (Lipinski definition) is 2. The summed E-state index contributed by atoms with van der Waals surface area (Å²) < 4.78 is 1.59. The van der Waals surface area contributed by atoms with Crippen LogP contribution in [0.1, 0.15) is 0 Å². The zero-order valence-electron chi connectivity index (χ0n) is 10.1. The predicted molar refractivity (Wildman–Crippen MR) is 77.2 cm³/mol. The number of nitrogens with zero attached hydrogens (tertiary/aromatic N) is 2. The van der Waals surface area contributed by atoms with E-state index in [1.165, 1.54) is 0 Å². The Morgan fingerprint density at radius 2 is 1.94 bits per heavy atom. The van der Waals surface area contributed by atoms with Gasteiger partial charge < -0.3 is 9.88 Å². The zero-order chi connectivity index (χ0) is 13.1. The van der Waals surface area contributed by atoms with Gasteiger partial charge in [-0.15, -0.1) is 23.2 Å². The highest BCUT2D eigenvalue weighted by atomic mass is 35.5. The number of alkyl halides is 2. The molecule has 0 aliphatic carbocycles. The van der Waals surface area contributed by atoms with E-state index in [4.69, 9.17) is 23.2 Å². The molecule has 1 aromatic carbocycles. The van der Waals surface area contributed by atoms with E-state index >= 15 is 0 Å². The maximum absolute atomic E-state index is 11.5. The average Bonchev–Trinajstić information content (AvgIpc) is 2.64. The molecule has 0 unspecified atom stereocenters. The van der Waals surface area contributed by atoms with Crippen LogP contribution in [0.5, 0.6) is 0 Å². The molecule has 0 bridgehead atoms. The van der Waals surface area contributed by atoms with Crippen molar-refractivity contribution in [3.05, 3.63) is 28.7 Å². The number of hydrogen-bond donors (Lipinski definition) is 1. The third-order valence-electron chi connectivity index (χ3n) is 2.96. The molecule has 0 saturated carbocycles. The number of anilines is 1. The van der Waals surface area contributed by atoms with E-state index in [9.17, 15) is 4.79 Å². The summed E-state index contributed by atoms with van der Waals surface area (Å²) >= 11 is 11.6. The van der Waals surface area contributed by atoms with Gasteiger partial charge in [0.2, 0.25) is 0 Å². The smallest absolute Gasteiger partial charge is 0.326 e. The second kappa shape index (κ2) is 5.67. The minimum atomic E-state index is -0.108. The highest BCUT2D eigenvalue weighted by molar-refractivity contribution is 6.18. The van der Waals surface area contributed by atoms with Gasteiger partial charge in [0.05, 0.1) is 11.0 Å². The Balaban J connectivity index is 2.41. The molecule has 2 rings (SSSR count). The molecule has 18 heavy (non-hydrogen) atoms. The Morgan fingerprint density at radius 3 is 2.56 bits per heavy atom. The van der Waals surface area contributed by atoms with Crippen molar-refractivity contribution in [1.29, 1.82) is 0 Å². The molecule has 0 atom stereocenters. The maximum atomic E-state index is 11.5. The van der Waals surface area contributed by atoms with E-state index in [-0.39, 0.29) is 5.69 Å². The second-order valence-corrected chi connectivity index (χ2v) is 4.81. The van der Waals surface area contributed by atoms with E-state index in [0.717, 1.165) is 29.8 Å². The van der Waals surface area contributed by atoms with Gasteiger partial charge in [0.1, 0.15) is 0 Å². The monoisotopic (exact) mass is 287 g/mol. The molecule has 2 aromatic rings. The Bertz CT molecular complexity index is 585. The summed E-state index contributed by atoms with van der Waals surface area (Å²) in [5.41, 5.74) is 2.63. The summed E-state index contributed by atoms with van der Waals surface area (Å²) in [4.78, 5) is 16.4. The molecular formula is C12H15Cl2N3O. The lowest BCUT2D eigenvalue weighted by molar-refractivity contribution is 0.874. The molecule has 0 amide bonds. The minimum absolute atomic E-state index is 0.108. The van der Waals surface area contributed by atoms with Gasteiger partial charge in [0, 0.05) is 37.6 Å². The Hall–Kier alpha value is -1.13. The van der Waals surface area contributed by atoms with Crippen LogP contribution in [0.15, 0.2) is 23.0 Å². The Labute approximate surface area is 115 Å². The van der Waals surface area contributed by atoms with Crippen molar-refractivity contribution in [1.82, 2.24) is 9.55 Å². The van der Waals surface area contributed by atoms with Crippen molar-refractivity contribution < 1.29 is 0 Å². The zero-order valence-corrected chi connectivity index (χ0v) is 11.6. The molecule has 0 fully saturated rings. The van der Waals surface area contributed by atoms with Crippen LogP contribution in [0.4, 0.5) is 5.69 Å². The first-order chi connectivity index (χ1) is 8.67. The van der Waals surface area contributed by atoms with Crippen LogP contribution in [-0.4, -0.2) is 34.4 Å². The van der Waals surface area contributed by atoms with Crippen molar-refractivity contribution in [3.8, 4) is 0 Å². The van der Waals surface area contributed by atoms with E-state index in [1.807, 2.05) is 18.2 Å². The molecule has 0 saturated heterocycles. The third kappa shape index (κ3) is 2.49. The van der Waals surface area contributed by atoms with Gasteiger partial charge in [-0.05, 0) is 18.2 Å². The molecule has 0 aliphatic rings. The number of rotatable bonds is 5. The standard InChI is InChI=1S/C12H15Cl2N3O/c1-16-11-3-2-9(8-10(11)15-12(16)18)17(6-4-13)7-5-14/h2-3,8H,4-7H2,1H3,(H,15,18). The first-order valence-corrected chi connectivity index (χ1v) is 6.80. The van der Waals surface area contributed by atoms with Crippen LogP contribution in [0.2, 0.25) is 0 Å². The summed E-state index contributed by atoms with van der Waals surface area (Å²) in [6, 6.07) is 5.86. The lowest BCUT2D eigenvalue weighted by Crippen LogP contribution is -2.27. The summed E-state index contributed by atoms with van der Waals surface area (Å²) in [5.74, 6) is 1.08. The number of aromatic amines is 1. The van der Waals surface area contributed by atoms with Crippen molar-refractivity contribution in [2.75, 3.05) is 29.7 Å². The highest BCUT2D eigenvalue weighted by Gasteiger charge is 2.08. The van der Waals surface area contributed by atoms with Crippen molar-refractivity contribution in [3.63, 3.8) is 0 Å². The summed E-state index contributed by atoms with van der Waals surface area (Å²) in [5, 5.41) is 0. The van der Waals surface area contributed by atoms with Gasteiger partial charge in [0.15, 0.2) is 0 Å². The topological polar surface area (TPSA) is 41.0 Å². The molecule has 1 heterocycles. The summed E-state index contributed by atoms with van der Waals surface area (Å²) in [6.07, 6.45) is 0. The largest absolute Gasteiger partial charge is 0.369 e. The highest BCUT2D eigenvalue weighted by Crippen LogP contribution is 2.20. The first-order valence-electron chi connectivity index (χ1n) is 5.73. The number of aromatic nitrogens is 2. The van der Waals surface area contributed by atoms with Crippen LogP contribution >= 0.6 is 23.2 Å². The minimum Gasteiger partial charge on any atom is -0.369 e. The van der Waals surface area contributed by atoms with E-state index < -0.39 is 0 Å². The lowest BCUT2D eigenvalue weighted by Gasteiger charge is -2.22. The lowest BCUT2D eigenvalue weighted by atomic mass is 10.2. The molecule has 4 nitrogen and oxygen atoms in total. The van der Waals surface area contributed by atoms with E-state index in [1.54, 1.807) is 11.6 Å². The van der Waals surface area contributed by atoms with Crippen molar-refractivity contribution in [2.24, 2.45) is 7.05 Å². The van der Waals surface area contributed by atoms with E-state index in [2.05, 4.69) is 9.88 Å². The first kappa shape index (κ1) is 13.3. The second-order valence-electron chi connectivity index (χ2n) is 4.06. The molecule has 0 radical (unpaired) electrons. The number of halogens is 2.